The molecule has 1 amide bonds. The number of carbonyl (C=O) groups excluding carboxylic acids is 1. The van der Waals surface area contributed by atoms with Gasteiger partial charge in [0.15, 0.2) is 0 Å². The molecular formula is C7H14N2O. The highest BCUT2D eigenvalue weighted by molar-refractivity contribution is 5.83. The quantitative estimate of drug-likeness (QED) is 0.558. The van der Waals surface area contributed by atoms with Gasteiger partial charge in [-0.2, -0.15) is 0 Å². The average molecular weight is 142 g/mol. The number of hydrogen-bond donors (Lipinski definition) is 1. The maximum absolute atomic E-state index is 11.1. The van der Waals surface area contributed by atoms with Gasteiger partial charge in [-0.05, 0) is 20.3 Å². The lowest BCUT2D eigenvalue weighted by Gasteiger charge is -2.19. The van der Waals surface area contributed by atoms with Gasteiger partial charge in [-0.1, -0.05) is 0 Å². The zero-order valence-electron chi connectivity index (χ0n) is 6.50. The van der Waals surface area contributed by atoms with E-state index in [1.807, 2.05) is 18.7 Å². The molecule has 10 heavy (non-hydrogen) atoms. The summed E-state index contributed by atoms with van der Waals surface area (Å²) in [4.78, 5) is 13.0. The highest BCUT2D eigenvalue weighted by atomic mass is 16.2. The van der Waals surface area contributed by atoms with Gasteiger partial charge in [-0.25, -0.2) is 0 Å². The lowest BCUT2D eigenvalue weighted by molar-refractivity contribution is -0.130. The first-order chi connectivity index (χ1) is 4.63. The van der Waals surface area contributed by atoms with Crippen LogP contribution in [-0.2, 0) is 4.79 Å². The van der Waals surface area contributed by atoms with Gasteiger partial charge >= 0.3 is 0 Å². The van der Waals surface area contributed by atoms with Gasteiger partial charge in [0.25, 0.3) is 0 Å². The molecule has 0 saturated carbocycles. The molecule has 0 bridgehead atoms. The minimum absolute atomic E-state index is 0.106. The molecule has 1 fully saturated rings. The average Bonchev–Trinajstić information content (AvgIpc) is 2.14. The Kier molecular flexibility index (Phi) is 1.94. The number of nitrogens with zero attached hydrogens (tertiary/aromatic N) is 1. The molecule has 58 valence electrons. The van der Waals surface area contributed by atoms with Crippen molar-refractivity contribution in [3.63, 3.8) is 0 Å². The van der Waals surface area contributed by atoms with E-state index in [9.17, 15) is 4.79 Å². The van der Waals surface area contributed by atoms with Crippen molar-refractivity contribution >= 4 is 5.91 Å². The minimum atomic E-state index is -0.234. The van der Waals surface area contributed by atoms with E-state index in [4.69, 9.17) is 5.73 Å². The van der Waals surface area contributed by atoms with Crippen molar-refractivity contribution in [1.29, 1.82) is 0 Å². The number of likely N-dealkylation sites (tertiary alicyclic amines) is 1. The fraction of sp³-hybridized carbons (Fsp3) is 0.857. The standard InChI is InChI=1S/C7H14N2O/c1-5(2)9-4-3-6(8)7(9)10/h5-6H,3-4,8H2,1-2H3. The Hall–Kier alpha value is -0.570. The van der Waals surface area contributed by atoms with Gasteiger partial charge in [0.1, 0.15) is 0 Å². The monoisotopic (exact) mass is 142 g/mol. The van der Waals surface area contributed by atoms with Crippen molar-refractivity contribution < 1.29 is 4.79 Å². The molecule has 1 unspecified atom stereocenters. The number of carbonyl (C=O) groups is 1. The van der Waals surface area contributed by atoms with Crippen LogP contribution in [0.3, 0.4) is 0 Å². The molecule has 0 aromatic carbocycles. The van der Waals surface area contributed by atoms with E-state index in [0.29, 0.717) is 6.04 Å². The number of amides is 1. The summed E-state index contributed by atoms with van der Waals surface area (Å²) in [5, 5.41) is 0. The van der Waals surface area contributed by atoms with Gasteiger partial charge in [0, 0.05) is 12.6 Å². The normalized spacial score (nSPS) is 26.6. The Morgan fingerprint density at radius 2 is 2.30 bits per heavy atom. The van der Waals surface area contributed by atoms with Crippen molar-refractivity contribution in [2.45, 2.75) is 32.4 Å². The summed E-state index contributed by atoms with van der Waals surface area (Å²) in [5.41, 5.74) is 5.52. The predicted octanol–water partition coefficient (Wildman–Crippen LogP) is -0.0456. The second-order valence-electron chi connectivity index (χ2n) is 3.02. The Bertz CT molecular complexity index is 145. The van der Waals surface area contributed by atoms with E-state index in [0.717, 1.165) is 13.0 Å². The fourth-order valence-corrected chi connectivity index (χ4v) is 1.24. The first-order valence-corrected chi connectivity index (χ1v) is 3.69. The molecule has 3 heteroatoms. The lowest BCUT2D eigenvalue weighted by atomic mass is 10.3. The van der Waals surface area contributed by atoms with E-state index in [1.165, 1.54) is 0 Å². The fourth-order valence-electron chi connectivity index (χ4n) is 1.24. The van der Waals surface area contributed by atoms with Crippen LogP contribution in [0.25, 0.3) is 0 Å². The molecule has 1 heterocycles. The highest BCUT2D eigenvalue weighted by Gasteiger charge is 2.29. The molecule has 1 aliphatic rings. The second kappa shape index (κ2) is 2.58. The highest BCUT2D eigenvalue weighted by Crippen LogP contribution is 2.11. The topological polar surface area (TPSA) is 46.3 Å². The zero-order valence-corrected chi connectivity index (χ0v) is 6.50. The molecule has 0 aromatic heterocycles. The van der Waals surface area contributed by atoms with E-state index < -0.39 is 0 Å². The van der Waals surface area contributed by atoms with Gasteiger partial charge in [0.2, 0.25) is 5.91 Å². The van der Waals surface area contributed by atoms with Crippen LogP contribution in [0.4, 0.5) is 0 Å². The Morgan fingerprint density at radius 3 is 2.50 bits per heavy atom. The van der Waals surface area contributed by atoms with Crippen molar-refractivity contribution in [2.75, 3.05) is 6.54 Å². The van der Waals surface area contributed by atoms with Crippen molar-refractivity contribution in [3.8, 4) is 0 Å². The number of rotatable bonds is 1. The minimum Gasteiger partial charge on any atom is -0.339 e. The number of hydrogen-bond acceptors (Lipinski definition) is 2. The first-order valence-electron chi connectivity index (χ1n) is 3.69. The maximum Gasteiger partial charge on any atom is 0.239 e. The third-order valence-electron chi connectivity index (χ3n) is 1.90. The largest absolute Gasteiger partial charge is 0.339 e. The Labute approximate surface area is 61.2 Å². The molecule has 1 saturated heterocycles. The van der Waals surface area contributed by atoms with Crippen LogP contribution in [0.2, 0.25) is 0 Å². The lowest BCUT2D eigenvalue weighted by Crippen LogP contribution is -2.37. The van der Waals surface area contributed by atoms with Crippen LogP contribution in [-0.4, -0.2) is 29.4 Å². The summed E-state index contributed by atoms with van der Waals surface area (Å²) in [7, 11) is 0. The van der Waals surface area contributed by atoms with Gasteiger partial charge in [-0.15, -0.1) is 0 Å². The van der Waals surface area contributed by atoms with Crippen LogP contribution in [0.1, 0.15) is 20.3 Å². The zero-order chi connectivity index (χ0) is 7.72. The van der Waals surface area contributed by atoms with E-state index in [-0.39, 0.29) is 11.9 Å². The van der Waals surface area contributed by atoms with E-state index in [2.05, 4.69) is 0 Å². The smallest absolute Gasteiger partial charge is 0.239 e. The summed E-state index contributed by atoms with van der Waals surface area (Å²) >= 11 is 0. The molecule has 3 nitrogen and oxygen atoms in total. The summed E-state index contributed by atoms with van der Waals surface area (Å²) in [6.45, 7) is 4.85. The molecular weight excluding hydrogens is 128 g/mol. The maximum atomic E-state index is 11.1. The summed E-state index contributed by atoms with van der Waals surface area (Å²) < 4.78 is 0. The van der Waals surface area contributed by atoms with Crippen molar-refractivity contribution in [3.05, 3.63) is 0 Å². The van der Waals surface area contributed by atoms with Crippen LogP contribution >= 0.6 is 0 Å². The second-order valence-corrected chi connectivity index (χ2v) is 3.02. The van der Waals surface area contributed by atoms with Crippen molar-refractivity contribution in [1.82, 2.24) is 4.90 Å². The Morgan fingerprint density at radius 1 is 1.70 bits per heavy atom. The van der Waals surface area contributed by atoms with Crippen LogP contribution in [0.5, 0.6) is 0 Å². The molecule has 1 rings (SSSR count). The summed E-state index contributed by atoms with van der Waals surface area (Å²) in [6.07, 6.45) is 0.816. The van der Waals surface area contributed by atoms with E-state index in [1.54, 1.807) is 0 Å². The van der Waals surface area contributed by atoms with Crippen LogP contribution < -0.4 is 5.73 Å². The van der Waals surface area contributed by atoms with Gasteiger partial charge in [0.05, 0.1) is 6.04 Å². The molecule has 0 aromatic rings. The molecule has 0 spiro atoms. The third kappa shape index (κ3) is 1.14. The third-order valence-corrected chi connectivity index (χ3v) is 1.90. The van der Waals surface area contributed by atoms with Crippen molar-refractivity contribution in [2.24, 2.45) is 5.73 Å². The SMILES string of the molecule is CC(C)N1CCC(N)C1=O. The molecule has 2 N–H and O–H groups in total. The first kappa shape index (κ1) is 7.54. The molecule has 0 aliphatic carbocycles. The summed E-state index contributed by atoms with van der Waals surface area (Å²) in [5.74, 6) is 0.106. The van der Waals surface area contributed by atoms with Gasteiger partial charge < -0.3 is 10.6 Å². The van der Waals surface area contributed by atoms with Crippen LogP contribution in [0.15, 0.2) is 0 Å². The number of nitrogens with two attached hydrogens (primary N) is 1. The van der Waals surface area contributed by atoms with E-state index >= 15 is 0 Å². The molecule has 1 atom stereocenters. The molecule has 1 aliphatic heterocycles. The molecule has 0 radical (unpaired) electrons. The Balaban J connectivity index is 2.57. The summed E-state index contributed by atoms with van der Waals surface area (Å²) in [6, 6.07) is 0.0726. The van der Waals surface area contributed by atoms with Crippen LogP contribution in [0, 0.1) is 0 Å². The van der Waals surface area contributed by atoms with Gasteiger partial charge in [-0.3, -0.25) is 4.79 Å². The predicted molar refractivity (Wildman–Crippen MR) is 39.4 cm³/mol.